The lowest BCUT2D eigenvalue weighted by atomic mass is 9.93. The molecule has 3 aromatic heterocycles. The number of nitrogens with zero attached hydrogens (tertiary/aromatic N) is 3. The van der Waals surface area contributed by atoms with Crippen molar-refractivity contribution >= 4 is 75.0 Å². The highest BCUT2D eigenvalue weighted by molar-refractivity contribution is 7.25. The number of thiophene rings is 1. The Kier molecular flexibility index (Phi) is 3.81. The van der Waals surface area contributed by atoms with Crippen LogP contribution in [0.5, 0.6) is 0 Å². The summed E-state index contributed by atoms with van der Waals surface area (Å²) in [5.41, 5.74) is 8.36. The molecule has 3 heterocycles. The number of aromatic nitrogens is 3. The zero-order valence-corrected chi connectivity index (χ0v) is 22.0. The number of rotatable bonds is 1. The fraction of sp³-hybridized carbons (Fsp3) is 0. The number of fused-ring (bicyclic) bond motifs is 7. The molecule has 0 fully saturated rings. The number of hydrogen-bond donors (Lipinski definition) is 0. The van der Waals surface area contributed by atoms with Crippen molar-refractivity contribution in [2.75, 3.05) is 0 Å². The van der Waals surface area contributed by atoms with Gasteiger partial charge in [0.2, 0.25) is 5.95 Å². The molecular weight excluding hydrogens is 506 g/mol. The molecule has 3 nitrogen and oxygen atoms in total. The maximum absolute atomic E-state index is 5.30. The van der Waals surface area contributed by atoms with Gasteiger partial charge in [-0.05, 0) is 62.0 Å². The Morgan fingerprint density at radius 2 is 1.12 bits per heavy atom. The largest absolute Gasteiger partial charge is 0.278 e. The first kappa shape index (κ1) is 20.8. The molecule has 9 aromatic rings. The van der Waals surface area contributed by atoms with Gasteiger partial charge in [-0.15, -0.1) is 11.3 Å². The van der Waals surface area contributed by atoms with E-state index in [9.17, 15) is 0 Å². The molecule has 0 N–H and O–H groups in total. The van der Waals surface area contributed by atoms with E-state index in [1.54, 1.807) is 11.3 Å². The summed E-state index contributed by atoms with van der Waals surface area (Å²) in [4.78, 5) is 10.3. The predicted molar refractivity (Wildman–Crippen MR) is 169 cm³/mol. The van der Waals surface area contributed by atoms with Gasteiger partial charge in [0.1, 0.15) is 0 Å². The Labute approximate surface area is 232 Å². The molecule has 0 unspecified atom stereocenters. The molecule has 0 aliphatic heterocycles. The van der Waals surface area contributed by atoms with Crippen molar-refractivity contribution in [2.45, 2.75) is 0 Å². The van der Waals surface area contributed by atoms with Gasteiger partial charge in [0.25, 0.3) is 0 Å². The zero-order valence-electron chi connectivity index (χ0n) is 21.2. The highest BCUT2D eigenvalue weighted by atomic mass is 32.1. The third-order valence-corrected chi connectivity index (χ3v) is 9.67. The molecule has 0 spiro atoms. The Hall–Kier alpha value is -5.06. The second-order valence-electron chi connectivity index (χ2n) is 10.6. The first-order valence-corrected chi connectivity index (χ1v) is 14.3. The van der Waals surface area contributed by atoms with E-state index in [1.807, 2.05) is 6.20 Å². The van der Waals surface area contributed by atoms with E-state index in [0.717, 1.165) is 21.3 Å². The van der Waals surface area contributed by atoms with Crippen LogP contribution in [0.1, 0.15) is 0 Å². The van der Waals surface area contributed by atoms with E-state index in [1.165, 1.54) is 64.7 Å². The number of benzene rings is 6. The Balaban J connectivity index is 1.37. The monoisotopic (exact) mass is 525 g/mol. The molecule has 0 radical (unpaired) electrons. The van der Waals surface area contributed by atoms with Crippen LogP contribution in [0.2, 0.25) is 0 Å². The second-order valence-corrected chi connectivity index (χ2v) is 11.7. The van der Waals surface area contributed by atoms with Gasteiger partial charge in [-0.2, -0.15) is 0 Å². The van der Waals surface area contributed by atoms with E-state index in [4.69, 9.17) is 9.97 Å². The molecular formula is C36H19N3S. The normalized spacial score (nSPS) is 12.5. The first-order chi connectivity index (χ1) is 19.8. The average Bonchev–Trinajstić information content (AvgIpc) is 3.52. The first-order valence-electron chi connectivity index (χ1n) is 13.5. The molecule has 40 heavy (non-hydrogen) atoms. The van der Waals surface area contributed by atoms with Crippen molar-refractivity contribution in [3.63, 3.8) is 0 Å². The summed E-state index contributed by atoms with van der Waals surface area (Å²) >= 11 is 1.76. The fourth-order valence-corrected chi connectivity index (χ4v) is 8.02. The highest BCUT2D eigenvalue weighted by Crippen LogP contribution is 2.49. The summed E-state index contributed by atoms with van der Waals surface area (Å²) in [5.74, 6) is 0.710. The van der Waals surface area contributed by atoms with Crippen LogP contribution in [0, 0.1) is 0 Å². The summed E-state index contributed by atoms with van der Waals surface area (Å²) in [6, 6.07) is 39.6. The third kappa shape index (κ3) is 2.50. The van der Waals surface area contributed by atoms with Crippen LogP contribution in [0.3, 0.4) is 0 Å². The molecule has 184 valence electrons. The SMILES string of the molecule is c1cc2c3c(cccc3c1)-c1cccc3c1c1c-2cccc1n3-c1ncc2sc3ccc4ccccc4c3c2n1. The molecule has 10 rings (SSSR count). The predicted octanol–water partition coefficient (Wildman–Crippen LogP) is 9.90. The summed E-state index contributed by atoms with van der Waals surface area (Å²) in [5, 5.41) is 8.81. The maximum Gasteiger partial charge on any atom is 0.235 e. The molecule has 0 atom stereocenters. The van der Waals surface area contributed by atoms with Gasteiger partial charge in [0, 0.05) is 20.9 Å². The molecule has 4 heteroatoms. The van der Waals surface area contributed by atoms with Crippen LogP contribution in [-0.2, 0) is 0 Å². The van der Waals surface area contributed by atoms with E-state index in [0.29, 0.717) is 5.95 Å². The summed E-state index contributed by atoms with van der Waals surface area (Å²) in [6.45, 7) is 0. The summed E-state index contributed by atoms with van der Waals surface area (Å²) in [6.07, 6.45) is 2.00. The van der Waals surface area contributed by atoms with Crippen molar-refractivity contribution in [1.29, 1.82) is 0 Å². The molecule has 6 aromatic carbocycles. The lowest BCUT2D eigenvalue weighted by Gasteiger charge is -2.12. The van der Waals surface area contributed by atoms with Gasteiger partial charge < -0.3 is 0 Å². The minimum atomic E-state index is 0.710. The van der Waals surface area contributed by atoms with Crippen LogP contribution >= 0.6 is 11.3 Å². The number of hydrogen-bond acceptors (Lipinski definition) is 3. The molecule has 1 aliphatic rings. The molecule has 1 aliphatic carbocycles. The van der Waals surface area contributed by atoms with Crippen LogP contribution < -0.4 is 0 Å². The van der Waals surface area contributed by atoms with Gasteiger partial charge in [-0.25, -0.2) is 9.97 Å². The average molecular weight is 526 g/mol. The fourth-order valence-electron chi connectivity index (χ4n) is 6.98. The van der Waals surface area contributed by atoms with Crippen LogP contribution in [0.15, 0.2) is 115 Å². The van der Waals surface area contributed by atoms with Crippen molar-refractivity contribution in [3.05, 3.63) is 115 Å². The molecule has 0 bridgehead atoms. The summed E-state index contributed by atoms with van der Waals surface area (Å²) in [7, 11) is 0. The minimum absolute atomic E-state index is 0.710. The van der Waals surface area contributed by atoms with E-state index >= 15 is 0 Å². The smallest absolute Gasteiger partial charge is 0.235 e. The van der Waals surface area contributed by atoms with E-state index in [-0.39, 0.29) is 0 Å². The van der Waals surface area contributed by atoms with E-state index in [2.05, 4.69) is 114 Å². The minimum Gasteiger partial charge on any atom is -0.278 e. The Morgan fingerprint density at radius 3 is 1.85 bits per heavy atom. The van der Waals surface area contributed by atoms with Gasteiger partial charge in [-0.1, -0.05) is 91.0 Å². The third-order valence-electron chi connectivity index (χ3n) is 8.59. The summed E-state index contributed by atoms with van der Waals surface area (Å²) < 4.78 is 4.62. The van der Waals surface area contributed by atoms with Crippen LogP contribution in [0.25, 0.3) is 91.9 Å². The van der Waals surface area contributed by atoms with Crippen LogP contribution in [0.4, 0.5) is 0 Å². The topological polar surface area (TPSA) is 30.7 Å². The van der Waals surface area contributed by atoms with Gasteiger partial charge in [-0.3, -0.25) is 4.57 Å². The lowest BCUT2D eigenvalue weighted by Crippen LogP contribution is -2.00. The van der Waals surface area contributed by atoms with Crippen molar-refractivity contribution in [3.8, 4) is 28.2 Å². The maximum atomic E-state index is 5.30. The Bertz CT molecular complexity index is 2460. The highest BCUT2D eigenvalue weighted by Gasteiger charge is 2.25. The zero-order chi connectivity index (χ0) is 25.9. The van der Waals surface area contributed by atoms with Gasteiger partial charge in [0.15, 0.2) is 0 Å². The quantitative estimate of drug-likeness (QED) is 0.213. The Morgan fingerprint density at radius 1 is 0.500 bits per heavy atom. The molecule has 0 saturated heterocycles. The standard InChI is InChI=1S/C36H19N3S/c1-2-10-22-20(7-1)17-18-29-34(22)35-30(40-29)19-37-36(38-35)39-27-15-5-13-25-23-11-3-8-21-9-4-12-24(31(21)23)26-14-6-16-28(39)33(26)32(25)27/h1-19H. The second kappa shape index (κ2) is 7.32. The van der Waals surface area contributed by atoms with Gasteiger partial charge in [0.05, 0.1) is 27.4 Å². The molecule has 0 saturated carbocycles. The van der Waals surface area contributed by atoms with Crippen molar-refractivity contribution in [2.24, 2.45) is 0 Å². The lowest BCUT2D eigenvalue weighted by molar-refractivity contribution is 1.01. The van der Waals surface area contributed by atoms with Gasteiger partial charge >= 0.3 is 0 Å². The van der Waals surface area contributed by atoms with E-state index < -0.39 is 0 Å². The van der Waals surface area contributed by atoms with Crippen molar-refractivity contribution < 1.29 is 0 Å². The van der Waals surface area contributed by atoms with Crippen LogP contribution in [-0.4, -0.2) is 14.5 Å². The van der Waals surface area contributed by atoms with Crippen molar-refractivity contribution in [1.82, 2.24) is 14.5 Å². The molecule has 0 amide bonds.